The van der Waals surface area contributed by atoms with E-state index in [-0.39, 0.29) is 24.0 Å². The van der Waals surface area contributed by atoms with Crippen LogP contribution in [0.25, 0.3) is 0 Å². The molecule has 1 unspecified atom stereocenters. The highest BCUT2D eigenvalue weighted by Crippen LogP contribution is 2.29. The summed E-state index contributed by atoms with van der Waals surface area (Å²) in [6.45, 7) is 1.60. The molecule has 1 heterocycles. The van der Waals surface area contributed by atoms with Crippen LogP contribution in [0.2, 0.25) is 0 Å². The van der Waals surface area contributed by atoms with Gasteiger partial charge in [0.2, 0.25) is 0 Å². The highest BCUT2D eigenvalue weighted by Gasteiger charge is 2.12. The standard InChI is InChI=1S/C17H27N3O3.HI/c1-21-15-9-8-13(12-16(15)22-2)20-17(18)19-10-5-7-14-6-3-4-11-23-14;/h8-9,12,14H,3-7,10-11H2,1-2H3,(H3,18,19,20);1H. The Kier molecular flexibility index (Phi) is 9.85. The van der Waals surface area contributed by atoms with Crippen molar-refractivity contribution < 1.29 is 14.2 Å². The van der Waals surface area contributed by atoms with Crippen molar-refractivity contribution in [2.75, 3.05) is 32.7 Å². The summed E-state index contributed by atoms with van der Waals surface area (Å²) in [5, 5.41) is 3.07. The summed E-state index contributed by atoms with van der Waals surface area (Å²) in [5.41, 5.74) is 6.74. The second-order valence-electron chi connectivity index (χ2n) is 5.59. The molecule has 1 aromatic carbocycles. The Morgan fingerprint density at radius 2 is 2.08 bits per heavy atom. The predicted molar refractivity (Wildman–Crippen MR) is 108 cm³/mol. The first-order valence-corrected chi connectivity index (χ1v) is 8.13. The molecule has 7 heteroatoms. The van der Waals surface area contributed by atoms with Gasteiger partial charge in [0, 0.05) is 24.9 Å². The van der Waals surface area contributed by atoms with E-state index in [0.29, 0.717) is 30.1 Å². The number of halogens is 1. The third kappa shape index (κ3) is 6.72. The minimum atomic E-state index is 0. The molecule has 1 fully saturated rings. The van der Waals surface area contributed by atoms with E-state index >= 15 is 0 Å². The van der Waals surface area contributed by atoms with Crippen molar-refractivity contribution in [3.05, 3.63) is 18.2 Å². The minimum Gasteiger partial charge on any atom is -0.493 e. The van der Waals surface area contributed by atoms with E-state index in [4.69, 9.17) is 19.9 Å². The van der Waals surface area contributed by atoms with Crippen LogP contribution < -0.4 is 20.5 Å². The van der Waals surface area contributed by atoms with Gasteiger partial charge in [-0.1, -0.05) is 0 Å². The number of nitrogens with zero attached hydrogens (tertiary/aromatic N) is 1. The zero-order chi connectivity index (χ0) is 16.5. The van der Waals surface area contributed by atoms with Crippen molar-refractivity contribution in [1.29, 1.82) is 0 Å². The van der Waals surface area contributed by atoms with Crippen molar-refractivity contribution >= 4 is 35.6 Å². The Bertz CT molecular complexity index is 520. The van der Waals surface area contributed by atoms with E-state index in [1.807, 2.05) is 18.2 Å². The zero-order valence-corrected chi connectivity index (χ0v) is 16.7. The van der Waals surface area contributed by atoms with E-state index in [2.05, 4.69) is 10.3 Å². The van der Waals surface area contributed by atoms with Gasteiger partial charge in [-0.15, -0.1) is 24.0 Å². The average molecular weight is 449 g/mol. The number of guanidine groups is 1. The lowest BCUT2D eigenvalue weighted by molar-refractivity contribution is 0.0105. The number of methoxy groups -OCH3 is 2. The molecule has 0 amide bonds. The number of anilines is 1. The largest absolute Gasteiger partial charge is 0.493 e. The van der Waals surface area contributed by atoms with Crippen LogP contribution in [0.4, 0.5) is 5.69 Å². The number of rotatable bonds is 7. The van der Waals surface area contributed by atoms with Gasteiger partial charge in [0.05, 0.1) is 20.3 Å². The van der Waals surface area contributed by atoms with Gasteiger partial charge in [-0.05, 0) is 44.2 Å². The fourth-order valence-corrected chi connectivity index (χ4v) is 2.65. The maximum absolute atomic E-state index is 5.92. The van der Waals surface area contributed by atoms with Crippen molar-refractivity contribution in [3.63, 3.8) is 0 Å². The molecule has 0 bridgehead atoms. The summed E-state index contributed by atoms with van der Waals surface area (Å²) in [6.07, 6.45) is 6.07. The summed E-state index contributed by atoms with van der Waals surface area (Å²) in [4.78, 5) is 4.36. The molecule has 1 aliphatic rings. The van der Waals surface area contributed by atoms with Gasteiger partial charge in [0.1, 0.15) is 0 Å². The Hall–Kier alpha value is -1.22. The minimum absolute atomic E-state index is 0. The number of nitrogens with one attached hydrogen (secondary N) is 1. The number of aliphatic imine (C=N–C) groups is 1. The summed E-state index contributed by atoms with van der Waals surface area (Å²) >= 11 is 0. The third-order valence-corrected chi connectivity index (χ3v) is 3.90. The quantitative estimate of drug-likeness (QED) is 0.289. The molecule has 0 aliphatic carbocycles. The van der Waals surface area contributed by atoms with Crippen LogP contribution in [-0.4, -0.2) is 39.4 Å². The summed E-state index contributed by atoms with van der Waals surface area (Å²) < 4.78 is 16.2. The maximum atomic E-state index is 5.92. The topological polar surface area (TPSA) is 78.1 Å². The van der Waals surface area contributed by atoms with Crippen LogP contribution in [-0.2, 0) is 4.74 Å². The van der Waals surface area contributed by atoms with Crippen LogP contribution >= 0.6 is 24.0 Å². The van der Waals surface area contributed by atoms with Crippen LogP contribution in [0.15, 0.2) is 23.2 Å². The zero-order valence-electron chi connectivity index (χ0n) is 14.4. The first kappa shape index (κ1) is 20.8. The van der Waals surface area contributed by atoms with E-state index < -0.39 is 0 Å². The van der Waals surface area contributed by atoms with E-state index in [1.54, 1.807) is 14.2 Å². The molecular formula is C17H28IN3O3. The van der Waals surface area contributed by atoms with Crippen LogP contribution in [0.3, 0.4) is 0 Å². The smallest absolute Gasteiger partial charge is 0.193 e. The Morgan fingerprint density at radius 3 is 2.75 bits per heavy atom. The van der Waals surface area contributed by atoms with Gasteiger partial charge in [-0.2, -0.15) is 0 Å². The number of nitrogens with two attached hydrogens (primary N) is 1. The maximum Gasteiger partial charge on any atom is 0.193 e. The Balaban J connectivity index is 0.00000288. The molecule has 1 aliphatic heterocycles. The fraction of sp³-hybridized carbons (Fsp3) is 0.588. The molecule has 1 aromatic rings. The Labute approximate surface area is 161 Å². The molecule has 1 atom stereocenters. The molecule has 1 saturated heterocycles. The van der Waals surface area contributed by atoms with Crippen LogP contribution in [0, 0.1) is 0 Å². The Morgan fingerprint density at radius 1 is 1.29 bits per heavy atom. The van der Waals surface area contributed by atoms with Crippen molar-refractivity contribution in [2.45, 2.75) is 38.2 Å². The molecule has 0 radical (unpaired) electrons. The van der Waals surface area contributed by atoms with E-state index in [0.717, 1.165) is 25.1 Å². The third-order valence-electron chi connectivity index (χ3n) is 3.90. The van der Waals surface area contributed by atoms with Crippen molar-refractivity contribution in [1.82, 2.24) is 0 Å². The highest BCUT2D eigenvalue weighted by atomic mass is 127. The molecule has 6 nitrogen and oxygen atoms in total. The lowest BCUT2D eigenvalue weighted by atomic mass is 10.1. The fourth-order valence-electron chi connectivity index (χ4n) is 2.65. The number of hydrogen-bond donors (Lipinski definition) is 2. The molecular weight excluding hydrogens is 421 g/mol. The average Bonchev–Trinajstić information content (AvgIpc) is 2.59. The first-order valence-electron chi connectivity index (χ1n) is 8.13. The number of hydrogen-bond acceptors (Lipinski definition) is 4. The molecule has 3 N–H and O–H groups in total. The molecule has 0 aromatic heterocycles. The van der Waals surface area contributed by atoms with Crippen molar-refractivity contribution in [2.24, 2.45) is 10.7 Å². The summed E-state index contributed by atoms with van der Waals surface area (Å²) in [6, 6.07) is 5.53. The molecule has 136 valence electrons. The van der Waals surface area contributed by atoms with Gasteiger partial charge < -0.3 is 25.3 Å². The van der Waals surface area contributed by atoms with Gasteiger partial charge in [-0.25, -0.2) is 0 Å². The van der Waals surface area contributed by atoms with E-state index in [1.165, 1.54) is 19.3 Å². The molecule has 2 rings (SSSR count). The van der Waals surface area contributed by atoms with Gasteiger partial charge in [0.15, 0.2) is 17.5 Å². The van der Waals surface area contributed by atoms with Crippen LogP contribution in [0.5, 0.6) is 11.5 Å². The van der Waals surface area contributed by atoms with Gasteiger partial charge >= 0.3 is 0 Å². The summed E-state index contributed by atoms with van der Waals surface area (Å²) in [5.74, 6) is 1.74. The number of benzene rings is 1. The normalized spacial score (nSPS) is 17.8. The van der Waals surface area contributed by atoms with Gasteiger partial charge in [0.25, 0.3) is 0 Å². The lowest BCUT2D eigenvalue weighted by Crippen LogP contribution is -2.23. The lowest BCUT2D eigenvalue weighted by Gasteiger charge is -2.22. The second-order valence-corrected chi connectivity index (χ2v) is 5.59. The summed E-state index contributed by atoms with van der Waals surface area (Å²) in [7, 11) is 3.21. The van der Waals surface area contributed by atoms with E-state index in [9.17, 15) is 0 Å². The first-order chi connectivity index (χ1) is 11.2. The highest BCUT2D eigenvalue weighted by molar-refractivity contribution is 14.0. The predicted octanol–water partition coefficient (Wildman–Crippen LogP) is 3.40. The molecule has 24 heavy (non-hydrogen) atoms. The molecule has 0 spiro atoms. The second kappa shape index (κ2) is 11.4. The monoisotopic (exact) mass is 449 g/mol. The van der Waals surface area contributed by atoms with Crippen molar-refractivity contribution in [3.8, 4) is 11.5 Å². The van der Waals surface area contributed by atoms with Gasteiger partial charge in [-0.3, -0.25) is 4.99 Å². The molecule has 0 saturated carbocycles. The number of ether oxygens (including phenoxy) is 3. The SMILES string of the molecule is COc1ccc(NC(N)=NCCCC2CCCCO2)cc1OC.I. The van der Waals surface area contributed by atoms with Crippen LogP contribution in [0.1, 0.15) is 32.1 Å².